The van der Waals surface area contributed by atoms with Gasteiger partial charge >= 0.3 is 35.5 Å². The van der Waals surface area contributed by atoms with Gasteiger partial charge in [0.2, 0.25) is 0 Å². The van der Waals surface area contributed by atoms with Crippen molar-refractivity contribution in [2.75, 3.05) is 0 Å². The van der Waals surface area contributed by atoms with Gasteiger partial charge in [-0.2, -0.15) is 0 Å². The Morgan fingerprint density at radius 3 is 1.75 bits per heavy atom. The molecule has 2 N–H and O–H groups in total. The van der Waals surface area contributed by atoms with E-state index in [0.717, 1.165) is 0 Å². The summed E-state index contributed by atoms with van der Waals surface area (Å²) in [5, 5.41) is 15.8. The van der Waals surface area contributed by atoms with Crippen molar-refractivity contribution in [3.63, 3.8) is 0 Å². The van der Waals surface area contributed by atoms with Crippen LogP contribution in [0.4, 0.5) is 0 Å². The summed E-state index contributed by atoms with van der Waals surface area (Å²) in [4.78, 5) is 9.45. The molecule has 3 nitrogen and oxygen atoms in total. The van der Waals surface area contributed by atoms with Crippen molar-refractivity contribution < 1.29 is 15.0 Å². The Kier molecular flexibility index (Phi) is 15.9. The van der Waals surface area contributed by atoms with E-state index in [1.54, 1.807) is 0 Å². The SMILES string of the molecule is CC(O)C(=O)O.[AlH3].[NaH]. The molecular formula is C3H10AlNaO3. The van der Waals surface area contributed by atoms with E-state index in [0.29, 0.717) is 0 Å². The molecule has 0 saturated carbocycles. The number of hydrogen-bond donors (Lipinski definition) is 2. The third kappa shape index (κ3) is 10.1. The van der Waals surface area contributed by atoms with Crippen LogP contribution in [0.3, 0.4) is 0 Å². The minimum atomic E-state index is -1.23. The van der Waals surface area contributed by atoms with Crippen LogP contribution >= 0.6 is 0 Å². The van der Waals surface area contributed by atoms with Crippen LogP contribution in [0.15, 0.2) is 0 Å². The number of carboxylic acids is 1. The van der Waals surface area contributed by atoms with Gasteiger partial charge < -0.3 is 10.2 Å². The second kappa shape index (κ2) is 7.96. The summed E-state index contributed by atoms with van der Waals surface area (Å²) in [6.45, 7) is 1.20. The predicted octanol–water partition coefficient (Wildman–Crippen LogP) is -2.38. The van der Waals surface area contributed by atoms with Gasteiger partial charge in [0.25, 0.3) is 0 Å². The Balaban J connectivity index is -0.000000125. The van der Waals surface area contributed by atoms with Crippen LogP contribution in [-0.2, 0) is 4.79 Å². The molecule has 0 amide bonds. The Morgan fingerprint density at radius 2 is 1.75 bits per heavy atom. The second-order valence-electron chi connectivity index (χ2n) is 1.01. The van der Waals surface area contributed by atoms with Gasteiger partial charge in [-0.05, 0) is 6.92 Å². The standard InChI is InChI=1S/C3H6O3.Al.Na.4H/c1-2(4)3(5)6;;;;;;/h2,4H,1H3,(H,5,6);;;;;;. The Bertz CT molecular complexity index is 65.5. The molecule has 0 rings (SSSR count). The first-order valence-corrected chi connectivity index (χ1v) is 1.55. The van der Waals surface area contributed by atoms with E-state index in [2.05, 4.69) is 0 Å². The monoisotopic (exact) mass is 144 g/mol. The summed E-state index contributed by atoms with van der Waals surface area (Å²) >= 11 is 0. The fourth-order valence-electron chi connectivity index (χ4n) is 0. The first-order valence-electron chi connectivity index (χ1n) is 1.55. The Morgan fingerprint density at radius 1 is 1.62 bits per heavy atom. The molecule has 0 aliphatic carbocycles. The average molecular weight is 144 g/mol. The van der Waals surface area contributed by atoms with Gasteiger partial charge in [-0.25, -0.2) is 4.79 Å². The molecule has 0 heterocycles. The molecule has 0 aliphatic heterocycles. The van der Waals surface area contributed by atoms with E-state index in [9.17, 15) is 4.79 Å². The number of hydrogen-bond acceptors (Lipinski definition) is 2. The number of aliphatic carboxylic acids is 1. The second-order valence-corrected chi connectivity index (χ2v) is 1.01. The molecule has 8 heavy (non-hydrogen) atoms. The molecule has 0 aromatic heterocycles. The van der Waals surface area contributed by atoms with E-state index in [1.165, 1.54) is 6.92 Å². The molecular weight excluding hydrogens is 134 g/mol. The number of aliphatic hydroxyl groups excluding tert-OH is 1. The molecule has 0 aliphatic rings. The molecule has 1 unspecified atom stereocenters. The molecule has 0 aromatic rings. The zero-order valence-corrected chi connectivity index (χ0v) is 3.38. The van der Waals surface area contributed by atoms with E-state index in [1.807, 2.05) is 0 Å². The van der Waals surface area contributed by atoms with E-state index >= 15 is 0 Å². The van der Waals surface area contributed by atoms with Gasteiger partial charge in [-0.15, -0.1) is 0 Å². The van der Waals surface area contributed by atoms with Gasteiger partial charge in [0.15, 0.2) is 17.4 Å². The molecule has 0 saturated heterocycles. The quantitative estimate of drug-likeness (QED) is 0.404. The Hall–Kier alpha value is 0.962. The summed E-state index contributed by atoms with van der Waals surface area (Å²) in [7, 11) is 0. The van der Waals surface area contributed by atoms with Crippen molar-refractivity contribution in [2.24, 2.45) is 0 Å². The third-order valence-corrected chi connectivity index (χ3v) is 0.357. The molecule has 0 aromatic carbocycles. The van der Waals surface area contributed by atoms with Crippen LogP contribution < -0.4 is 0 Å². The van der Waals surface area contributed by atoms with Gasteiger partial charge in [0.1, 0.15) is 6.10 Å². The average Bonchev–Trinajstić information content (AvgIpc) is 1.36. The van der Waals surface area contributed by atoms with Crippen molar-refractivity contribution in [1.29, 1.82) is 0 Å². The van der Waals surface area contributed by atoms with Crippen molar-refractivity contribution in [3.8, 4) is 0 Å². The molecule has 44 valence electrons. The fraction of sp³-hybridized carbons (Fsp3) is 0.667. The van der Waals surface area contributed by atoms with Gasteiger partial charge in [0, 0.05) is 0 Å². The molecule has 5 heteroatoms. The minimum absolute atomic E-state index is 0. The van der Waals surface area contributed by atoms with E-state index < -0.39 is 12.1 Å². The van der Waals surface area contributed by atoms with Crippen LogP contribution in [0, 0.1) is 0 Å². The summed E-state index contributed by atoms with van der Waals surface area (Å²) < 4.78 is 0. The summed E-state index contributed by atoms with van der Waals surface area (Å²) in [5.41, 5.74) is 0. The number of carboxylic acid groups (broad SMARTS) is 1. The normalized spacial score (nSPS) is 10.2. The van der Waals surface area contributed by atoms with Crippen molar-refractivity contribution in [1.82, 2.24) is 0 Å². The molecule has 0 bridgehead atoms. The maximum absolute atomic E-state index is 9.45. The van der Waals surface area contributed by atoms with Crippen LogP contribution in [0.25, 0.3) is 0 Å². The Labute approximate surface area is 80.5 Å². The first-order chi connectivity index (χ1) is 2.64. The zero-order valence-electron chi connectivity index (χ0n) is 3.38. The van der Waals surface area contributed by atoms with Gasteiger partial charge in [-0.1, -0.05) is 0 Å². The number of carbonyl (C=O) groups is 1. The third-order valence-electron chi connectivity index (χ3n) is 0.357. The number of rotatable bonds is 1. The topological polar surface area (TPSA) is 57.5 Å². The fourth-order valence-corrected chi connectivity index (χ4v) is 0. The summed E-state index contributed by atoms with van der Waals surface area (Å²) in [5.74, 6) is -1.19. The maximum atomic E-state index is 9.45. The van der Waals surface area contributed by atoms with Gasteiger partial charge in [0.05, 0.1) is 0 Å². The molecule has 0 radical (unpaired) electrons. The van der Waals surface area contributed by atoms with E-state index in [-0.39, 0.29) is 46.9 Å². The van der Waals surface area contributed by atoms with Crippen molar-refractivity contribution >= 4 is 52.9 Å². The van der Waals surface area contributed by atoms with Crippen LogP contribution in [0.1, 0.15) is 6.92 Å². The zero-order chi connectivity index (χ0) is 5.15. The summed E-state index contributed by atoms with van der Waals surface area (Å²) in [6, 6.07) is 0. The number of aliphatic hydroxyl groups is 1. The molecule has 0 spiro atoms. The molecule has 0 fully saturated rings. The van der Waals surface area contributed by atoms with Crippen LogP contribution in [0.5, 0.6) is 0 Å². The van der Waals surface area contributed by atoms with Gasteiger partial charge in [-0.3, -0.25) is 0 Å². The predicted molar refractivity (Wildman–Crippen MR) is 36.4 cm³/mol. The first kappa shape index (κ1) is 16.0. The summed E-state index contributed by atoms with van der Waals surface area (Å²) in [6.07, 6.45) is -1.23. The van der Waals surface area contributed by atoms with Crippen molar-refractivity contribution in [3.05, 3.63) is 0 Å². The van der Waals surface area contributed by atoms with Crippen molar-refractivity contribution in [2.45, 2.75) is 13.0 Å². The molecule has 1 atom stereocenters. The van der Waals surface area contributed by atoms with Crippen LogP contribution in [0.2, 0.25) is 0 Å². The van der Waals surface area contributed by atoms with E-state index in [4.69, 9.17) is 10.2 Å². The van der Waals surface area contributed by atoms with Crippen LogP contribution in [-0.4, -0.2) is 69.2 Å².